The van der Waals surface area contributed by atoms with Crippen molar-refractivity contribution in [2.45, 2.75) is 4.90 Å². The molecule has 0 saturated carbocycles. The molecule has 1 fully saturated rings. The average molecular weight is 397 g/mol. The smallest absolute Gasteiger partial charge is 0.276 e. The molecule has 144 valence electrons. The van der Waals surface area contributed by atoms with E-state index in [1.807, 2.05) is 30.3 Å². The first-order chi connectivity index (χ1) is 13.6. The van der Waals surface area contributed by atoms with E-state index >= 15 is 0 Å². The normalized spacial score (nSPS) is 15.5. The van der Waals surface area contributed by atoms with Crippen LogP contribution in [-0.4, -0.2) is 64.7 Å². The Morgan fingerprint density at radius 3 is 2.11 bits per heavy atom. The van der Waals surface area contributed by atoms with E-state index in [2.05, 4.69) is 10.2 Å². The van der Waals surface area contributed by atoms with Crippen molar-refractivity contribution < 1.29 is 13.2 Å². The predicted octanol–water partition coefficient (Wildman–Crippen LogP) is 1.41. The van der Waals surface area contributed by atoms with Gasteiger partial charge in [0.05, 0.1) is 16.8 Å². The lowest BCUT2D eigenvalue weighted by atomic mass is 10.3. The van der Waals surface area contributed by atoms with E-state index in [9.17, 15) is 13.2 Å². The first-order valence-corrected chi connectivity index (χ1v) is 10.3. The van der Waals surface area contributed by atoms with Gasteiger partial charge in [-0.2, -0.15) is 14.2 Å². The van der Waals surface area contributed by atoms with E-state index in [-0.39, 0.29) is 29.6 Å². The molecule has 1 aliphatic rings. The first kappa shape index (κ1) is 18.3. The number of hydrogen-bond acceptors (Lipinski definition) is 5. The number of amides is 1. The molecule has 0 unspecified atom stereocenters. The van der Waals surface area contributed by atoms with Crippen LogP contribution in [0.5, 0.6) is 0 Å². The first-order valence-electron chi connectivity index (χ1n) is 8.88. The number of hydrogen-bond donors (Lipinski definition) is 0. The van der Waals surface area contributed by atoms with Crippen LogP contribution in [-0.2, 0) is 10.0 Å². The molecule has 0 radical (unpaired) electrons. The van der Waals surface area contributed by atoms with E-state index in [1.54, 1.807) is 35.2 Å². The zero-order chi connectivity index (χ0) is 19.6. The Balaban J connectivity index is 1.43. The third-order valence-corrected chi connectivity index (χ3v) is 6.52. The van der Waals surface area contributed by atoms with Crippen LogP contribution in [0, 0.1) is 0 Å². The van der Waals surface area contributed by atoms with Crippen LogP contribution in [0.25, 0.3) is 5.69 Å². The summed E-state index contributed by atoms with van der Waals surface area (Å²) in [6.45, 7) is 1.11. The number of rotatable bonds is 4. The number of sulfonamides is 1. The number of benzene rings is 2. The summed E-state index contributed by atoms with van der Waals surface area (Å²) in [4.78, 5) is 16.0. The summed E-state index contributed by atoms with van der Waals surface area (Å²) < 4.78 is 26.8. The molecule has 0 spiro atoms. The average Bonchev–Trinajstić information content (AvgIpc) is 3.25. The Hall–Kier alpha value is -3.04. The Morgan fingerprint density at radius 1 is 0.857 bits per heavy atom. The molecule has 8 nitrogen and oxygen atoms in total. The van der Waals surface area contributed by atoms with Crippen LogP contribution in [0.4, 0.5) is 0 Å². The molecule has 4 rings (SSSR count). The summed E-state index contributed by atoms with van der Waals surface area (Å²) in [7, 11) is -3.54. The lowest BCUT2D eigenvalue weighted by molar-refractivity contribution is 0.0691. The highest BCUT2D eigenvalue weighted by Crippen LogP contribution is 2.18. The lowest BCUT2D eigenvalue weighted by Crippen LogP contribution is -2.50. The predicted molar refractivity (Wildman–Crippen MR) is 102 cm³/mol. The molecule has 2 aromatic carbocycles. The number of nitrogens with zero attached hydrogens (tertiary/aromatic N) is 5. The van der Waals surface area contributed by atoms with Gasteiger partial charge in [-0.3, -0.25) is 4.79 Å². The largest absolute Gasteiger partial charge is 0.335 e. The number of aromatic nitrogens is 3. The fourth-order valence-corrected chi connectivity index (χ4v) is 4.53. The van der Waals surface area contributed by atoms with Gasteiger partial charge in [0.1, 0.15) is 0 Å². The van der Waals surface area contributed by atoms with Crippen molar-refractivity contribution in [3.63, 3.8) is 0 Å². The minimum absolute atomic E-state index is 0.239. The number of carbonyl (C=O) groups is 1. The summed E-state index contributed by atoms with van der Waals surface area (Å²) >= 11 is 0. The zero-order valence-corrected chi connectivity index (χ0v) is 15.9. The summed E-state index contributed by atoms with van der Waals surface area (Å²) in [5.41, 5.74) is 1.00. The van der Waals surface area contributed by atoms with Gasteiger partial charge in [-0.25, -0.2) is 8.42 Å². The van der Waals surface area contributed by atoms with Crippen molar-refractivity contribution >= 4 is 15.9 Å². The minimum Gasteiger partial charge on any atom is -0.335 e. The lowest BCUT2D eigenvalue weighted by Gasteiger charge is -2.33. The summed E-state index contributed by atoms with van der Waals surface area (Å²) in [6, 6.07) is 17.7. The summed E-state index contributed by atoms with van der Waals surface area (Å²) in [6.07, 6.45) is 1.43. The van der Waals surface area contributed by atoms with Crippen LogP contribution >= 0.6 is 0 Å². The zero-order valence-electron chi connectivity index (χ0n) is 15.0. The second kappa shape index (κ2) is 7.53. The van der Waals surface area contributed by atoms with Gasteiger partial charge in [0, 0.05) is 26.2 Å². The molecule has 0 bridgehead atoms. The fourth-order valence-electron chi connectivity index (χ4n) is 3.08. The third-order valence-electron chi connectivity index (χ3n) is 4.60. The Labute approximate surface area is 163 Å². The van der Waals surface area contributed by atoms with E-state index in [0.717, 1.165) is 5.69 Å². The standard InChI is InChI=1S/C19H19N5O3S/c25-19(18-15-20-24(21-18)16-7-3-1-4-8-16)22-11-13-23(14-12-22)28(26,27)17-9-5-2-6-10-17/h1-10,15H,11-14H2. The van der Waals surface area contributed by atoms with Crippen molar-refractivity contribution in [2.75, 3.05) is 26.2 Å². The summed E-state index contributed by atoms with van der Waals surface area (Å²) in [5.74, 6) is -0.251. The van der Waals surface area contributed by atoms with E-state index < -0.39 is 10.0 Å². The SMILES string of the molecule is O=C(c1cnn(-c2ccccc2)n1)N1CCN(S(=O)(=O)c2ccccc2)CC1. The topological polar surface area (TPSA) is 88.4 Å². The number of piperazine rings is 1. The Kier molecular flexibility index (Phi) is 4.93. The van der Waals surface area contributed by atoms with Crippen LogP contribution in [0.3, 0.4) is 0 Å². The molecule has 28 heavy (non-hydrogen) atoms. The van der Waals surface area contributed by atoms with Gasteiger partial charge in [-0.05, 0) is 24.3 Å². The highest BCUT2D eigenvalue weighted by Gasteiger charge is 2.31. The highest BCUT2D eigenvalue weighted by molar-refractivity contribution is 7.89. The van der Waals surface area contributed by atoms with E-state index in [0.29, 0.717) is 13.1 Å². The molecular weight excluding hydrogens is 378 g/mol. The second-order valence-corrected chi connectivity index (χ2v) is 8.30. The molecule has 2 heterocycles. The van der Waals surface area contributed by atoms with Crippen LogP contribution in [0.2, 0.25) is 0 Å². The molecule has 1 saturated heterocycles. The van der Waals surface area contributed by atoms with Crippen molar-refractivity contribution in [3.8, 4) is 5.69 Å². The monoisotopic (exact) mass is 397 g/mol. The van der Waals surface area contributed by atoms with Crippen molar-refractivity contribution in [1.82, 2.24) is 24.2 Å². The summed E-state index contributed by atoms with van der Waals surface area (Å²) in [5, 5.41) is 8.40. The maximum Gasteiger partial charge on any atom is 0.276 e. The van der Waals surface area contributed by atoms with Crippen LogP contribution < -0.4 is 0 Å². The van der Waals surface area contributed by atoms with Gasteiger partial charge >= 0.3 is 0 Å². The van der Waals surface area contributed by atoms with Crippen molar-refractivity contribution in [1.29, 1.82) is 0 Å². The molecular formula is C19H19N5O3S. The molecule has 0 aliphatic carbocycles. The van der Waals surface area contributed by atoms with Crippen LogP contribution in [0.15, 0.2) is 71.8 Å². The van der Waals surface area contributed by atoms with Gasteiger partial charge in [-0.15, -0.1) is 5.10 Å². The quantitative estimate of drug-likeness (QED) is 0.664. The minimum atomic E-state index is -3.54. The van der Waals surface area contributed by atoms with E-state index in [4.69, 9.17) is 0 Å². The maximum absolute atomic E-state index is 12.7. The van der Waals surface area contributed by atoms with Gasteiger partial charge in [0.2, 0.25) is 10.0 Å². The van der Waals surface area contributed by atoms with Crippen molar-refractivity contribution in [3.05, 3.63) is 72.6 Å². The molecule has 9 heteroatoms. The molecule has 0 atom stereocenters. The highest BCUT2D eigenvalue weighted by atomic mass is 32.2. The second-order valence-electron chi connectivity index (χ2n) is 6.36. The van der Waals surface area contributed by atoms with Gasteiger partial charge < -0.3 is 4.90 Å². The molecule has 1 aliphatic heterocycles. The fraction of sp³-hybridized carbons (Fsp3) is 0.211. The Morgan fingerprint density at radius 2 is 1.46 bits per heavy atom. The van der Waals surface area contributed by atoms with Crippen LogP contribution in [0.1, 0.15) is 10.5 Å². The number of para-hydroxylation sites is 1. The molecule has 1 amide bonds. The molecule has 1 aromatic heterocycles. The third kappa shape index (κ3) is 3.54. The maximum atomic E-state index is 12.7. The van der Waals surface area contributed by atoms with Crippen molar-refractivity contribution in [2.24, 2.45) is 0 Å². The van der Waals surface area contributed by atoms with Gasteiger partial charge in [-0.1, -0.05) is 36.4 Å². The molecule has 3 aromatic rings. The van der Waals surface area contributed by atoms with E-state index in [1.165, 1.54) is 15.3 Å². The number of carbonyl (C=O) groups excluding carboxylic acids is 1. The molecule has 0 N–H and O–H groups in total. The van der Waals surface area contributed by atoms with Gasteiger partial charge in [0.25, 0.3) is 5.91 Å². The Bertz CT molecular complexity index is 1060. The van der Waals surface area contributed by atoms with Gasteiger partial charge in [0.15, 0.2) is 5.69 Å².